The number of ether oxygens (including phenoxy) is 1. The highest BCUT2D eigenvalue weighted by Crippen LogP contribution is 2.16. The van der Waals surface area contributed by atoms with Gasteiger partial charge in [-0.25, -0.2) is 0 Å². The molecule has 1 fully saturated rings. The maximum Gasteiger partial charge on any atom is 0.226 e. The van der Waals surface area contributed by atoms with Gasteiger partial charge in [-0.15, -0.1) is 12.4 Å². The normalized spacial score (nSPS) is 18.0. The molecule has 1 heterocycles. The molecule has 1 amide bonds. The molecule has 0 radical (unpaired) electrons. The van der Waals surface area contributed by atoms with Crippen molar-refractivity contribution in [2.24, 2.45) is 5.73 Å². The van der Waals surface area contributed by atoms with Gasteiger partial charge in [-0.2, -0.15) is 0 Å². The number of halogens is 2. The molecule has 2 N–H and O–H groups in total. The fourth-order valence-corrected chi connectivity index (χ4v) is 2.08. The van der Waals surface area contributed by atoms with Crippen molar-refractivity contribution in [3.63, 3.8) is 0 Å². The second-order valence-corrected chi connectivity index (χ2v) is 4.88. The summed E-state index contributed by atoms with van der Waals surface area (Å²) in [7, 11) is 0. The molecule has 1 aromatic carbocycles. The summed E-state index contributed by atoms with van der Waals surface area (Å²) < 4.78 is 5.48. The first-order valence-corrected chi connectivity index (χ1v) is 6.44. The molecular weight excluding hydrogens is 287 g/mol. The Balaban J connectivity index is 0.00000180. The molecule has 0 bridgehead atoms. The van der Waals surface area contributed by atoms with Gasteiger partial charge in [-0.1, -0.05) is 11.6 Å². The number of rotatable bonds is 4. The Labute approximate surface area is 124 Å². The van der Waals surface area contributed by atoms with Crippen molar-refractivity contribution in [1.82, 2.24) is 4.90 Å². The van der Waals surface area contributed by atoms with Gasteiger partial charge in [0.15, 0.2) is 0 Å². The number of likely N-dealkylation sites (tertiary alicyclic amines) is 1. The lowest BCUT2D eigenvalue weighted by molar-refractivity contribution is -0.130. The van der Waals surface area contributed by atoms with Crippen LogP contribution in [0.15, 0.2) is 24.3 Å². The summed E-state index contributed by atoms with van der Waals surface area (Å²) in [5, 5.41) is 0.671. The zero-order valence-electron chi connectivity index (χ0n) is 10.5. The van der Waals surface area contributed by atoms with Gasteiger partial charge in [0.2, 0.25) is 5.91 Å². The number of benzene rings is 1. The van der Waals surface area contributed by atoms with Crippen molar-refractivity contribution in [2.75, 3.05) is 19.7 Å². The SMILES string of the molecule is Cl.NC1CCN(C(=O)CCOc2ccc(Cl)cc2)C1. The molecule has 1 aromatic rings. The van der Waals surface area contributed by atoms with E-state index in [1.165, 1.54) is 0 Å². The van der Waals surface area contributed by atoms with E-state index >= 15 is 0 Å². The van der Waals surface area contributed by atoms with Gasteiger partial charge >= 0.3 is 0 Å². The van der Waals surface area contributed by atoms with Crippen LogP contribution in [0.4, 0.5) is 0 Å². The van der Waals surface area contributed by atoms with Crippen LogP contribution in [0.3, 0.4) is 0 Å². The molecule has 0 aliphatic carbocycles. The molecule has 0 spiro atoms. The van der Waals surface area contributed by atoms with E-state index in [4.69, 9.17) is 22.1 Å². The van der Waals surface area contributed by atoms with Crippen LogP contribution < -0.4 is 10.5 Å². The lowest BCUT2D eigenvalue weighted by atomic mass is 10.3. The fourth-order valence-electron chi connectivity index (χ4n) is 1.96. The second kappa shape index (κ2) is 7.58. The van der Waals surface area contributed by atoms with Gasteiger partial charge in [0.25, 0.3) is 0 Å². The Morgan fingerprint density at radius 2 is 2.11 bits per heavy atom. The minimum Gasteiger partial charge on any atom is -0.493 e. The Morgan fingerprint density at radius 1 is 1.42 bits per heavy atom. The van der Waals surface area contributed by atoms with Crippen molar-refractivity contribution in [3.8, 4) is 5.75 Å². The van der Waals surface area contributed by atoms with Gasteiger partial charge in [0, 0.05) is 24.2 Å². The first kappa shape index (κ1) is 16.1. The Kier molecular flexibility index (Phi) is 6.42. The smallest absolute Gasteiger partial charge is 0.226 e. The number of amides is 1. The van der Waals surface area contributed by atoms with Crippen LogP contribution in [0.2, 0.25) is 5.02 Å². The third-order valence-corrected chi connectivity index (χ3v) is 3.23. The van der Waals surface area contributed by atoms with Crippen LogP contribution >= 0.6 is 24.0 Å². The predicted molar refractivity (Wildman–Crippen MR) is 78.0 cm³/mol. The number of nitrogens with zero attached hydrogens (tertiary/aromatic N) is 1. The monoisotopic (exact) mass is 304 g/mol. The quantitative estimate of drug-likeness (QED) is 0.926. The Bertz CT molecular complexity index is 412. The van der Waals surface area contributed by atoms with E-state index in [1.807, 2.05) is 0 Å². The molecule has 1 aliphatic heterocycles. The maximum absolute atomic E-state index is 11.8. The summed E-state index contributed by atoms with van der Waals surface area (Å²) in [6, 6.07) is 7.24. The number of nitrogens with two attached hydrogens (primary N) is 1. The average molecular weight is 305 g/mol. The molecule has 1 aliphatic rings. The first-order chi connectivity index (χ1) is 8.65. The molecule has 0 aromatic heterocycles. The molecule has 1 unspecified atom stereocenters. The van der Waals surface area contributed by atoms with Crippen LogP contribution in [0.25, 0.3) is 0 Å². The minimum absolute atomic E-state index is 0. The van der Waals surface area contributed by atoms with Crippen molar-refractivity contribution in [3.05, 3.63) is 29.3 Å². The van der Waals surface area contributed by atoms with E-state index in [1.54, 1.807) is 29.2 Å². The standard InChI is InChI=1S/C13H17ClN2O2.ClH/c14-10-1-3-12(4-2-10)18-8-6-13(17)16-7-5-11(15)9-16;/h1-4,11H,5-9,15H2;1H. The summed E-state index contributed by atoms with van der Waals surface area (Å²) in [6.07, 6.45) is 1.28. The zero-order chi connectivity index (χ0) is 13.0. The highest BCUT2D eigenvalue weighted by molar-refractivity contribution is 6.30. The maximum atomic E-state index is 11.8. The van der Waals surface area contributed by atoms with Crippen LogP contribution in [-0.4, -0.2) is 36.5 Å². The lowest BCUT2D eigenvalue weighted by Gasteiger charge is -2.15. The second-order valence-electron chi connectivity index (χ2n) is 4.44. The third-order valence-electron chi connectivity index (χ3n) is 2.98. The van der Waals surface area contributed by atoms with Gasteiger partial charge in [0.1, 0.15) is 5.75 Å². The van der Waals surface area contributed by atoms with Crippen LogP contribution in [0.5, 0.6) is 5.75 Å². The minimum atomic E-state index is 0. The summed E-state index contributed by atoms with van der Waals surface area (Å²) in [5.41, 5.74) is 5.76. The summed E-state index contributed by atoms with van der Waals surface area (Å²) in [6.45, 7) is 1.81. The lowest BCUT2D eigenvalue weighted by Crippen LogP contribution is -2.32. The van der Waals surface area contributed by atoms with Crippen molar-refractivity contribution in [1.29, 1.82) is 0 Å². The third kappa shape index (κ3) is 4.90. The van der Waals surface area contributed by atoms with E-state index in [0.29, 0.717) is 24.6 Å². The highest BCUT2D eigenvalue weighted by atomic mass is 35.5. The molecular formula is C13H18Cl2N2O2. The van der Waals surface area contributed by atoms with E-state index in [9.17, 15) is 4.79 Å². The van der Waals surface area contributed by atoms with E-state index < -0.39 is 0 Å². The number of hydrogen-bond acceptors (Lipinski definition) is 3. The van der Waals surface area contributed by atoms with Gasteiger partial charge in [-0.3, -0.25) is 4.79 Å². The van der Waals surface area contributed by atoms with E-state index in [-0.39, 0.29) is 24.4 Å². The van der Waals surface area contributed by atoms with Gasteiger partial charge in [-0.05, 0) is 30.7 Å². The van der Waals surface area contributed by atoms with Crippen molar-refractivity contribution >= 4 is 29.9 Å². The summed E-state index contributed by atoms with van der Waals surface area (Å²) in [4.78, 5) is 13.6. The van der Waals surface area contributed by atoms with E-state index in [2.05, 4.69) is 0 Å². The summed E-state index contributed by atoms with van der Waals surface area (Å²) >= 11 is 5.77. The van der Waals surface area contributed by atoms with Crippen molar-refractivity contribution in [2.45, 2.75) is 18.9 Å². The molecule has 6 heteroatoms. The fraction of sp³-hybridized carbons (Fsp3) is 0.462. The Hall–Kier alpha value is -0.970. The number of carbonyl (C=O) groups excluding carboxylic acids is 1. The Morgan fingerprint density at radius 3 is 2.68 bits per heavy atom. The average Bonchev–Trinajstić information content (AvgIpc) is 2.78. The molecule has 19 heavy (non-hydrogen) atoms. The van der Waals surface area contributed by atoms with Gasteiger partial charge < -0.3 is 15.4 Å². The zero-order valence-corrected chi connectivity index (χ0v) is 12.1. The molecule has 1 saturated heterocycles. The molecule has 106 valence electrons. The summed E-state index contributed by atoms with van der Waals surface area (Å²) in [5.74, 6) is 0.835. The molecule has 0 saturated carbocycles. The largest absolute Gasteiger partial charge is 0.493 e. The van der Waals surface area contributed by atoms with E-state index in [0.717, 1.165) is 18.7 Å². The van der Waals surface area contributed by atoms with Crippen LogP contribution in [-0.2, 0) is 4.79 Å². The molecule has 1 atom stereocenters. The number of hydrogen-bond donors (Lipinski definition) is 1. The van der Waals surface area contributed by atoms with Crippen LogP contribution in [0.1, 0.15) is 12.8 Å². The van der Waals surface area contributed by atoms with Gasteiger partial charge in [0.05, 0.1) is 13.0 Å². The van der Waals surface area contributed by atoms with Crippen LogP contribution in [0, 0.1) is 0 Å². The highest BCUT2D eigenvalue weighted by Gasteiger charge is 2.22. The molecule has 4 nitrogen and oxygen atoms in total. The number of carbonyl (C=O) groups is 1. The topological polar surface area (TPSA) is 55.6 Å². The van der Waals surface area contributed by atoms with Crippen molar-refractivity contribution < 1.29 is 9.53 Å². The first-order valence-electron chi connectivity index (χ1n) is 6.07. The molecule has 2 rings (SSSR count). The predicted octanol–water partition coefficient (Wildman–Crippen LogP) is 2.09.